The van der Waals surface area contributed by atoms with Crippen LogP contribution >= 0.6 is 0 Å². The molecule has 238 valence electrons. The fourth-order valence-electron chi connectivity index (χ4n) is 7.22. The number of hydrogen-bond acceptors (Lipinski definition) is 12. The SMILES string of the molecule is CN(C)c1cc(NC(=O)CNN2CCCCC2)c(O)c2c1CC1CC3[C@H](N(C)C)C(O)=C(C(N)=O)C(=O)[C@@]3(O)C(O)=C1C2=O. The first-order valence-electron chi connectivity index (χ1n) is 14.7. The van der Waals surface area contributed by atoms with E-state index in [1.54, 1.807) is 39.2 Å². The minimum atomic E-state index is -2.73. The van der Waals surface area contributed by atoms with Crippen LogP contribution in [0.3, 0.4) is 0 Å². The average Bonchev–Trinajstić information content (AvgIpc) is 2.95. The van der Waals surface area contributed by atoms with E-state index in [-0.39, 0.29) is 36.2 Å². The molecule has 1 fully saturated rings. The Morgan fingerprint density at radius 2 is 1.75 bits per heavy atom. The number of nitrogens with zero attached hydrogens (tertiary/aromatic N) is 3. The van der Waals surface area contributed by atoms with Crippen LogP contribution in [0.4, 0.5) is 11.4 Å². The van der Waals surface area contributed by atoms with Crippen molar-refractivity contribution in [3.63, 3.8) is 0 Å². The van der Waals surface area contributed by atoms with Gasteiger partial charge in [0.1, 0.15) is 17.1 Å². The molecule has 0 aromatic heterocycles. The van der Waals surface area contributed by atoms with E-state index in [1.165, 1.54) is 4.90 Å². The van der Waals surface area contributed by atoms with Crippen molar-refractivity contribution in [2.24, 2.45) is 17.6 Å². The predicted molar refractivity (Wildman–Crippen MR) is 160 cm³/mol. The van der Waals surface area contributed by atoms with Crippen LogP contribution in [0, 0.1) is 11.8 Å². The molecule has 0 radical (unpaired) electrons. The highest BCUT2D eigenvalue weighted by Gasteiger charge is 2.63. The second-order valence-corrected chi connectivity index (χ2v) is 12.4. The molecular weight excluding hydrogens is 572 g/mol. The second kappa shape index (κ2) is 11.5. The minimum Gasteiger partial charge on any atom is -0.510 e. The Morgan fingerprint density at radius 3 is 2.34 bits per heavy atom. The number of hydrazine groups is 1. The highest BCUT2D eigenvalue weighted by atomic mass is 16.3. The van der Waals surface area contributed by atoms with Gasteiger partial charge in [-0.25, -0.2) is 10.4 Å². The molecule has 1 heterocycles. The summed E-state index contributed by atoms with van der Waals surface area (Å²) in [5.41, 5.74) is 5.45. The number of aliphatic hydroxyl groups excluding tert-OH is 2. The fraction of sp³-hybridized carbons (Fsp3) is 0.533. The van der Waals surface area contributed by atoms with Gasteiger partial charge in [-0.2, -0.15) is 0 Å². The van der Waals surface area contributed by atoms with E-state index in [9.17, 15) is 39.6 Å². The lowest BCUT2D eigenvalue weighted by atomic mass is 9.58. The number of piperidine rings is 1. The zero-order valence-electron chi connectivity index (χ0n) is 25.3. The first-order chi connectivity index (χ1) is 20.7. The number of amides is 2. The number of nitrogens with one attached hydrogen (secondary N) is 2. The number of hydrogen-bond donors (Lipinski definition) is 7. The van der Waals surface area contributed by atoms with Gasteiger partial charge in [-0.05, 0) is 57.3 Å². The molecule has 4 atom stereocenters. The average molecular weight is 613 g/mol. The van der Waals surface area contributed by atoms with Crippen LogP contribution in [-0.2, 0) is 20.8 Å². The number of carbonyl (C=O) groups excluding carboxylic acids is 4. The van der Waals surface area contributed by atoms with Gasteiger partial charge in [-0.15, -0.1) is 0 Å². The van der Waals surface area contributed by atoms with Crippen LogP contribution in [0.2, 0.25) is 0 Å². The maximum Gasteiger partial charge on any atom is 0.255 e. The van der Waals surface area contributed by atoms with E-state index in [0.29, 0.717) is 11.3 Å². The molecule has 14 heteroatoms. The van der Waals surface area contributed by atoms with Crippen LogP contribution < -0.4 is 21.4 Å². The summed E-state index contributed by atoms with van der Waals surface area (Å²) < 4.78 is 0. The first kappa shape index (κ1) is 31.4. The lowest BCUT2D eigenvalue weighted by Crippen LogP contribution is -2.63. The summed E-state index contributed by atoms with van der Waals surface area (Å²) in [5.74, 6) is -7.73. The molecule has 3 aliphatic carbocycles. The molecule has 0 spiro atoms. The van der Waals surface area contributed by atoms with Crippen molar-refractivity contribution >= 4 is 34.8 Å². The normalized spacial score (nSPS) is 27.2. The van der Waals surface area contributed by atoms with E-state index >= 15 is 0 Å². The largest absolute Gasteiger partial charge is 0.510 e. The topological polar surface area (TPSA) is 209 Å². The first-order valence-corrected chi connectivity index (χ1v) is 14.7. The third-order valence-corrected chi connectivity index (χ3v) is 9.27. The highest BCUT2D eigenvalue weighted by Crippen LogP contribution is 2.53. The van der Waals surface area contributed by atoms with Gasteiger partial charge in [0.15, 0.2) is 17.1 Å². The predicted octanol–water partition coefficient (Wildman–Crippen LogP) is 0.116. The summed E-state index contributed by atoms with van der Waals surface area (Å²) in [5, 5.41) is 50.2. The number of likely N-dealkylation sites (N-methyl/N-ethyl adjacent to an activating group) is 1. The van der Waals surface area contributed by atoms with E-state index in [4.69, 9.17) is 5.73 Å². The molecule has 1 aromatic rings. The number of nitrogens with two attached hydrogens (primary N) is 1. The maximum atomic E-state index is 14.1. The summed E-state index contributed by atoms with van der Waals surface area (Å²) >= 11 is 0. The lowest BCUT2D eigenvalue weighted by molar-refractivity contribution is -0.148. The Hall–Kier alpha value is -3.98. The summed E-state index contributed by atoms with van der Waals surface area (Å²) in [4.78, 5) is 55.9. The quantitative estimate of drug-likeness (QED) is 0.162. The Kier molecular flexibility index (Phi) is 8.22. The van der Waals surface area contributed by atoms with Gasteiger partial charge in [0.25, 0.3) is 5.91 Å². The number of benzene rings is 1. The van der Waals surface area contributed by atoms with Crippen molar-refractivity contribution in [2.75, 3.05) is 58.0 Å². The van der Waals surface area contributed by atoms with Crippen molar-refractivity contribution < 1.29 is 39.6 Å². The van der Waals surface area contributed by atoms with Crippen molar-refractivity contribution in [3.8, 4) is 5.75 Å². The number of phenols is 1. The third-order valence-electron chi connectivity index (χ3n) is 9.27. The van der Waals surface area contributed by atoms with Gasteiger partial charge in [0.2, 0.25) is 11.7 Å². The molecule has 8 N–H and O–H groups in total. The molecule has 2 amide bonds. The smallest absolute Gasteiger partial charge is 0.255 e. The number of ketones is 2. The summed E-state index contributed by atoms with van der Waals surface area (Å²) in [7, 11) is 6.65. The molecule has 2 unspecified atom stereocenters. The zero-order chi connectivity index (χ0) is 32.2. The molecule has 14 nitrogen and oxygen atoms in total. The van der Waals surface area contributed by atoms with Crippen molar-refractivity contribution in [2.45, 2.75) is 43.7 Å². The molecule has 4 aliphatic rings. The highest BCUT2D eigenvalue weighted by molar-refractivity contribution is 6.25. The lowest BCUT2D eigenvalue weighted by Gasteiger charge is -2.50. The number of aliphatic hydroxyl groups is 3. The van der Waals surface area contributed by atoms with Gasteiger partial charge in [-0.3, -0.25) is 24.1 Å². The Bertz CT molecular complexity index is 1490. The summed E-state index contributed by atoms with van der Waals surface area (Å²) in [6, 6.07) is 0.507. The van der Waals surface area contributed by atoms with Crippen LogP contribution in [-0.4, -0.2) is 113 Å². The number of Topliss-reactive ketones (excluding diaryl/α,β-unsaturated/α-hetero) is 2. The number of allylic oxidation sites excluding steroid dienone is 1. The zero-order valence-corrected chi connectivity index (χ0v) is 25.3. The number of anilines is 2. The van der Waals surface area contributed by atoms with E-state index in [1.807, 2.05) is 5.01 Å². The molecule has 1 saturated heterocycles. The molecule has 0 saturated carbocycles. The van der Waals surface area contributed by atoms with Crippen molar-refractivity contribution in [3.05, 3.63) is 39.9 Å². The van der Waals surface area contributed by atoms with Gasteiger partial charge in [-0.1, -0.05) is 6.42 Å². The molecule has 0 bridgehead atoms. The Morgan fingerprint density at radius 1 is 1.09 bits per heavy atom. The molecule has 5 rings (SSSR count). The van der Waals surface area contributed by atoms with Gasteiger partial charge < -0.3 is 36.4 Å². The maximum absolute atomic E-state index is 14.1. The van der Waals surface area contributed by atoms with Crippen LogP contribution in [0.5, 0.6) is 5.75 Å². The van der Waals surface area contributed by atoms with Crippen LogP contribution in [0.25, 0.3) is 0 Å². The molecular formula is C30H40N6O8. The third kappa shape index (κ3) is 4.91. The molecule has 1 aliphatic heterocycles. The number of phenolic OH excluding ortho intramolecular Hbond substituents is 1. The number of aromatic hydroxyl groups is 1. The number of fused-ring (bicyclic) bond motifs is 3. The van der Waals surface area contributed by atoms with Gasteiger partial charge in [0, 0.05) is 44.4 Å². The van der Waals surface area contributed by atoms with Gasteiger partial charge >= 0.3 is 0 Å². The van der Waals surface area contributed by atoms with E-state index in [2.05, 4.69) is 10.7 Å². The number of primary amides is 1. The Balaban J connectivity index is 1.56. The van der Waals surface area contributed by atoms with Gasteiger partial charge in [0.05, 0.1) is 23.8 Å². The van der Waals surface area contributed by atoms with E-state index in [0.717, 1.165) is 32.4 Å². The van der Waals surface area contributed by atoms with Crippen LogP contribution in [0.1, 0.15) is 41.6 Å². The standard InChI is InChI=1S/C30H40N6O8/c1-34(2)18-12-17(33-19(37)13-32-36-8-6-5-7-9-36)24(38)21-15(18)10-14-11-16-23(35(3)4)26(40)22(29(31)43)28(42)30(16,44)27(41)20(14)25(21)39/h12,14,16,23,32,38,40-41,44H,5-11,13H2,1-4H3,(H2,31,43)(H,33,37)/t14?,16?,23-,30-/m0/s1. The number of carbonyl (C=O) groups is 4. The number of rotatable bonds is 7. The van der Waals surface area contributed by atoms with E-state index < -0.39 is 69.7 Å². The second-order valence-electron chi connectivity index (χ2n) is 12.4. The van der Waals surface area contributed by atoms with Crippen molar-refractivity contribution in [1.82, 2.24) is 15.3 Å². The Labute approximate surface area is 254 Å². The minimum absolute atomic E-state index is 0.0116. The van der Waals surface area contributed by atoms with Crippen molar-refractivity contribution in [1.29, 1.82) is 0 Å². The fourth-order valence-corrected chi connectivity index (χ4v) is 7.22. The van der Waals surface area contributed by atoms with Crippen LogP contribution in [0.15, 0.2) is 28.7 Å². The summed E-state index contributed by atoms with van der Waals surface area (Å²) in [6.45, 7) is 1.58. The molecule has 44 heavy (non-hydrogen) atoms. The monoisotopic (exact) mass is 612 g/mol. The molecule has 1 aromatic carbocycles. The summed E-state index contributed by atoms with van der Waals surface area (Å²) in [6.07, 6.45) is 3.31.